The number of sulfonamides is 1. The van der Waals surface area contributed by atoms with Crippen molar-refractivity contribution in [2.75, 3.05) is 19.7 Å². The van der Waals surface area contributed by atoms with Crippen molar-refractivity contribution < 1.29 is 22.7 Å². The summed E-state index contributed by atoms with van der Waals surface area (Å²) in [6, 6.07) is 9.94. The summed E-state index contributed by atoms with van der Waals surface area (Å²) in [7, 11) is -3.77. The number of amides is 2. The number of aromatic nitrogens is 1. The lowest BCUT2D eigenvalue weighted by Gasteiger charge is -2.22. The fourth-order valence-corrected chi connectivity index (χ4v) is 4.32. The largest absolute Gasteiger partial charge is 0.359 e. The van der Waals surface area contributed by atoms with E-state index in [1.54, 1.807) is 36.7 Å². The van der Waals surface area contributed by atoms with Crippen LogP contribution in [0.5, 0.6) is 0 Å². The number of ether oxygens (including phenoxy) is 1. The number of pyridine rings is 1. The van der Waals surface area contributed by atoms with E-state index in [4.69, 9.17) is 4.74 Å². The van der Waals surface area contributed by atoms with Crippen molar-refractivity contribution in [1.29, 1.82) is 0 Å². The molecule has 0 spiro atoms. The monoisotopic (exact) mass is 418 g/mol. The SMILES string of the molecule is Cc1ccc(S(=O)(=O)N2CCO[C@H]2CNC(=O)C(=O)NCc2ccncc2)cc1. The highest BCUT2D eigenvalue weighted by Gasteiger charge is 2.36. The summed E-state index contributed by atoms with van der Waals surface area (Å²) in [5.41, 5.74) is 1.75. The zero-order valence-corrected chi connectivity index (χ0v) is 16.7. The predicted octanol–water partition coefficient (Wildman–Crippen LogP) is 0.170. The van der Waals surface area contributed by atoms with Gasteiger partial charge in [0.2, 0.25) is 10.0 Å². The topological polar surface area (TPSA) is 118 Å². The van der Waals surface area contributed by atoms with Crippen LogP contribution in [-0.2, 0) is 30.9 Å². The second-order valence-corrected chi connectivity index (χ2v) is 8.39. The Bertz CT molecular complexity index is 964. The number of nitrogens with one attached hydrogen (secondary N) is 2. The first-order valence-corrected chi connectivity index (χ1v) is 10.5. The van der Waals surface area contributed by atoms with Crippen molar-refractivity contribution in [2.45, 2.75) is 24.6 Å². The van der Waals surface area contributed by atoms with Gasteiger partial charge in [0.15, 0.2) is 0 Å². The van der Waals surface area contributed by atoms with Crippen LogP contribution < -0.4 is 10.6 Å². The molecule has 9 nitrogen and oxygen atoms in total. The summed E-state index contributed by atoms with van der Waals surface area (Å²) < 4.78 is 32.3. The van der Waals surface area contributed by atoms with Gasteiger partial charge in [-0.05, 0) is 36.8 Å². The Balaban J connectivity index is 1.55. The van der Waals surface area contributed by atoms with Crippen molar-refractivity contribution in [1.82, 2.24) is 19.9 Å². The quantitative estimate of drug-likeness (QED) is 0.646. The molecule has 10 heteroatoms. The van der Waals surface area contributed by atoms with Gasteiger partial charge in [-0.1, -0.05) is 17.7 Å². The maximum atomic E-state index is 12.8. The van der Waals surface area contributed by atoms with Gasteiger partial charge in [-0.15, -0.1) is 0 Å². The van der Waals surface area contributed by atoms with Crippen LogP contribution in [0.4, 0.5) is 0 Å². The third-order valence-electron chi connectivity index (χ3n) is 4.42. The molecule has 0 aliphatic carbocycles. The number of hydrogen-bond donors (Lipinski definition) is 2. The summed E-state index contributed by atoms with van der Waals surface area (Å²) >= 11 is 0. The van der Waals surface area contributed by atoms with Gasteiger partial charge in [-0.25, -0.2) is 8.42 Å². The van der Waals surface area contributed by atoms with Crippen molar-refractivity contribution in [2.24, 2.45) is 0 Å². The summed E-state index contributed by atoms with van der Waals surface area (Å²) in [6.45, 7) is 2.30. The molecule has 0 bridgehead atoms. The molecular formula is C19H22N4O5S. The molecule has 1 aromatic heterocycles. The minimum Gasteiger partial charge on any atom is -0.359 e. The van der Waals surface area contributed by atoms with Gasteiger partial charge >= 0.3 is 11.8 Å². The molecule has 2 aromatic rings. The van der Waals surface area contributed by atoms with Crippen LogP contribution in [-0.4, -0.2) is 55.4 Å². The number of benzene rings is 1. The third kappa shape index (κ3) is 5.17. The molecule has 154 valence electrons. The zero-order chi connectivity index (χ0) is 20.9. The van der Waals surface area contributed by atoms with Crippen LogP contribution in [0, 0.1) is 6.92 Å². The van der Waals surface area contributed by atoms with Gasteiger partial charge in [-0.3, -0.25) is 14.6 Å². The number of rotatable bonds is 6. The van der Waals surface area contributed by atoms with Crippen LogP contribution in [0.15, 0.2) is 53.7 Å². The summed E-state index contributed by atoms with van der Waals surface area (Å²) in [5.74, 6) is -1.67. The molecule has 0 saturated carbocycles. The lowest BCUT2D eigenvalue weighted by Crippen LogP contribution is -2.47. The van der Waals surface area contributed by atoms with Crippen molar-refractivity contribution >= 4 is 21.8 Å². The highest BCUT2D eigenvalue weighted by molar-refractivity contribution is 7.89. The van der Waals surface area contributed by atoms with Crippen LogP contribution in [0.3, 0.4) is 0 Å². The van der Waals surface area contributed by atoms with Crippen LogP contribution in [0.1, 0.15) is 11.1 Å². The van der Waals surface area contributed by atoms with E-state index in [1.165, 1.54) is 16.4 Å². The molecule has 1 atom stereocenters. The average molecular weight is 418 g/mol. The molecule has 2 heterocycles. The highest BCUT2D eigenvalue weighted by Crippen LogP contribution is 2.22. The molecule has 1 aromatic carbocycles. The average Bonchev–Trinajstić information content (AvgIpc) is 3.21. The maximum absolute atomic E-state index is 12.8. The number of aryl methyl sites for hydroxylation is 1. The smallest absolute Gasteiger partial charge is 0.309 e. The van der Waals surface area contributed by atoms with E-state index in [-0.39, 0.29) is 31.1 Å². The number of nitrogens with zero attached hydrogens (tertiary/aromatic N) is 2. The Kier molecular flexibility index (Phi) is 6.57. The van der Waals surface area contributed by atoms with Crippen molar-refractivity contribution in [3.8, 4) is 0 Å². The Morgan fingerprint density at radius 3 is 2.45 bits per heavy atom. The first-order chi connectivity index (χ1) is 13.9. The molecule has 1 saturated heterocycles. The van der Waals surface area contributed by atoms with Gasteiger partial charge in [0.25, 0.3) is 0 Å². The molecule has 2 amide bonds. The minimum absolute atomic E-state index is 0.132. The van der Waals surface area contributed by atoms with Crippen LogP contribution >= 0.6 is 0 Å². The molecule has 29 heavy (non-hydrogen) atoms. The van der Waals surface area contributed by atoms with Gasteiger partial charge in [0, 0.05) is 25.5 Å². The van der Waals surface area contributed by atoms with E-state index in [0.717, 1.165) is 11.1 Å². The molecule has 1 aliphatic rings. The lowest BCUT2D eigenvalue weighted by molar-refractivity contribution is -0.139. The normalized spacial score (nSPS) is 17.1. The van der Waals surface area contributed by atoms with E-state index in [0.29, 0.717) is 0 Å². The van der Waals surface area contributed by atoms with Gasteiger partial charge in [0.1, 0.15) is 6.23 Å². The maximum Gasteiger partial charge on any atom is 0.309 e. The Morgan fingerprint density at radius 1 is 1.10 bits per heavy atom. The van der Waals surface area contributed by atoms with E-state index in [9.17, 15) is 18.0 Å². The Morgan fingerprint density at radius 2 is 1.76 bits per heavy atom. The lowest BCUT2D eigenvalue weighted by atomic mass is 10.2. The molecule has 0 radical (unpaired) electrons. The molecule has 1 fully saturated rings. The third-order valence-corrected chi connectivity index (χ3v) is 6.32. The van der Waals surface area contributed by atoms with E-state index < -0.39 is 28.1 Å². The van der Waals surface area contributed by atoms with E-state index in [1.807, 2.05) is 6.92 Å². The first-order valence-electron chi connectivity index (χ1n) is 9.03. The summed E-state index contributed by atoms with van der Waals surface area (Å²) in [4.78, 5) is 28.0. The second kappa shape index (κ2) is 9.12. The molecule has 0 unspecified atom stereocenters. The number of hydrogen-bond acceptors (Lipinski definition) is 6. The van der Waals surface area contributed by atoms with Crippen LogP contribution in [0.25, 0.3) is 0 Å². The summed E-state index contributed by atoms with van der Waals surface area (Å²) in [5, 5.41) is 4.92. The summed E-state index contributed by atoms with van der Waals surface area (Å²) in [6.07, 6.45) is 2.29. The number of carbonyl (C=O) groups is 2. The zero-order valence-electron chi connectivity index (χ0n) is 15.9. The van der Waals surface area contributed by atoms with E-state index >= 15 is 0 Å². The Labute approximate surface area is 169 Å². The standard InChI is InChI=1S/C19H22N4O5S/c1-14-2-4-16(5-3-14)29(26,27)23-10-11-28-17(23)13-22-19(25)18(24)21-12-15-6-8-20-9-7-15/h2-9,17H,10-13H2,1H3,(H,21,24)(H,22,25)/t17-/m0/s1. The van der Waals surface area contributed by atoms with Gasteiger partial charge < -0.3 is 15.4 Å². The van der Waals surface area contributed by atoms with Gasteiger partial charge in [0.05, 0.1) is 18.0 Å². The Hall–Kier alpha value is -2.82. The molecular weight excluding hydrogens is 396 g/mol. The fraction of sp³-hybridized carbons (Fsp3) is 0.316. The van der Waals surface area contributed by atoms with E-state index in [2.05, 4.69) is 15.6 Å². The van der Waals surface area contributed by atoms with Gasteiger partial charge in [-0.2, -0.15) is 4.31 Å². The molecule has 1 aliphatic heterocycles. The molecule has 3 rings (SSSR count). The number of carbonyl (C=O) groups excluding carboxylic acids is 2. The van der Waals surface area contributed by atoms with Crippen molar-refractivity contribution in [3.05, 3.63) is 59.9 Å². The first kappa shape index (κ1) is 20.9. The highest BCUT2D eigenvalue weighted by atomic mass is 32.2. The second-order valence-electron chi connectivity index (χ2n) is 6.50. The molecule has 2 N–H and O–H groups in total. The van der Waals surface area contributed by atoms with Crippen molar-refractivity contribution in [3.63, 3.8) is 0 Å². The predicted molar refractivity (Wildman–Crippen MR) is 104 cm³/mol. The minimum atomic E-state index is -3.77. The fourth-order valence-electron chi connectivity index (χ4n) is 2.81. The van der Waals surface area contributed by atoms with Crippen LogP contribution in [0.2, 0.25) is 0 Å².